The third-order valence-corrected chi connectivity index (χ3v) is 6.77. The van der Waals surface area contributed by atoms with Crippen LogP contribution >= 0.6 is 7.82 Å². The summed E-state index contributed by atoms with van der Waals surface area (Å²) in [5.41, 5.74) is 0. The van der Waals surface area contributed by atoms with Crippen LogP contribution in [-0.4, -0.2) is 41.0 Å². The predicted octanol–water partition coefficient (Wildman–Crippen LogP) is 9.34. The van der Waals surface area contributed by atoms with E-state index in [-0.39, 0.29) is 19.4 Å². The zero-order chi connectivity index (χ0) is 33.3. The average Bonchev–Trinajstić information content (AvgIpc) is 3.00. The molecule has 0 aromatic carbocycles. The largest absolute Gasteiger partial charge is 0.469 e. The molecule has 0 spiro atoms. The van der Waals surface area contributed by atoms with Crippen LogP contribution in [-0.2, 0) is 28.2 Å². The van der Waals surface area contributed by atoms with Crippen LogP contribution in [0.25, 0.3) is 0 Å². The van der Waals surface area contributed by atoms with Crippen LogP contribution in [0.5, 0.6) is 0 Å². The highest BCUT2D eigenvalue weighted by atomic mass is 31.2. The second kappa shape index (κ2) is 31.2. The van der Waals surface area contributed by atoms with Crippen molar-refractivity contribution in [3.05, 3.63) is 85.1 Å². The number of phosphoric ester groups is 1. The zero-order valence-electron chi connectivity index (χ0n) is 27.5. The summed E-state index contributed by atoms with van der Waals surface area (Å²) in [5.74, 6) is -0.994. The van der Waals surface area contributed by atoms with Crippen LogP contribution < -0.4 is 0 Å². The number of carbonyl (C=O) groups excluding carboxylic acids is 2. The van der Waals surface area contributed by atoms with E-state index in [0.717, 1.165) is 44.9 Å². The van der Waals surface area contributed by atoms with Gasteiger partial charge in [0.2, 0.25) is 0 Å². The summed E-state index contributed by atoms with van der Waals surface area (Å²) < 4.78 is 26.1. The van der Waals surface area contributed by atoms with Gasteiger partial charge in [0.1, 0.15) is 6.61 Å². The summed E-state index contributed by atoms with van der Waals surface area (Å²) in [4.78, 5) is 42.5. The number of carbonyl (C=O) groups is 2. The number of allylic oxidation sites excluding steroid dienone is 14. The van der Waals surface area contributed by atoms with Gasteiger partial charge in [-0.2, -0.15) is 0 Å². The smallest absolute Gasteiger partial charge is 0.462 e. The maximum Gasteiger partial charge on any atom is 0.469 e. The fourth-order valence-electron chi connectivity index (χ4n) is 3.91. The minimum absolute atomic E-state index is 0.109. The summed E-state index contributed by atoms with van der Waals surface area (Å²) in [6, 6.07) is 0. The van der Waals surface area contributed by atoms with Gasteiger partial charge in [0.15, 0.2) is 6.10 Å². The summed E-state index contributed by atoms with van der Waals surface area (Å²) in [6.45, 7) is 3.32. The molecule has 45 heavy (non-hydrogen) atoms. The molecule has 0 aromatic rings. The summed E-state index contributed by atoms with van der Waals surface area (Å²) in [6.07, 6.45) is 40.3. The highest BCUT2D eigenvalue weighted by Gasteiger charge is 2.22. The molecule has 0 aliphatic heterocycles. The number of rotatable bonds is 28. The SMILES string of the molecule is CC/C=C/C=C/C=C/C=C/C=C/CCCC(=O)OC(COC(=O)CCCCCCCCC/C=C/C/C=C/CC)COP(=O)(O)O. The number of esters is 2. The van der Waals surface area contributed by atoms with E-state index in [9.17, 15) is 14.2 Å². The number of hydrogen-bond donors (Lipinski definition) is 2. The maximum absolute atomic E-state index is 12.3. The first-order valence-electron chi connectivity index (χ1n) is 16.4. The maximum atomic E-state index is 12.3. The van der Waals surface area contributed by atoms with Crippen molar-refractivity contribution in [3.8, 4) is 0 Å². The van der Waals surface area contributed by atoms with Crippen molar-refractivity contribution < 1.29 is 37.9 Å². The lowest BCUT2D eigenvalue weighted by Gasteiger charge is -2.18. The molecule has 0 aromatic heterocycles. The Labute approximate surface area is 271 Å². The topological polar surface area (TPSA) is 119 Å². The molecule has 9 heteroatoms. The summed E-state index contributed by atoms with van der Waals surface area (Å²) >= 11 is 0. The fourth-order valence-corrected chi connectivity index (χ4v) is 4.27. The Kier molecular flexibility index (Phi) is 29.3. The Hall–Kier alpha value is -2.77. The van der Waals surface area contributed by atoms with Crippen molar-refractivity contribution in [2.24, 2.45) is 0 Å². The lowest BCUT2D eigenvalue weighted by atomic mass is 10.1. The van der Waals surface area contributed by atoms with Crippen molar-refractivity contribution in [1.82, 2.24) is 0 Å². The standard InChI is InChI=1S/C36H57O8P/c1-3-5-7-9-11-13-15-17-19-20-22-24-26-28-30-35(37)42-32-34(33-43-45(39,40)41)44-36(38)31-29-27-25-23-21-18-16-14-12-10-8-6-4-2/h5-8,10-14,16,18,21,23,25,34H,3-4,9,15,17,19-20,22,24,26-33H2,1-2H3,(H2,39,40,41)/b7-5+,8-6+,12-10+,13-11+,16-14+,21-18+,25-23+. The summed E-state index contributed by atoms with van der Waals surface area (Å²) in [5, 5.41) is 0. The van der Waals surface area contributed by atoms with E-state index in [0.29, 0.717) is 19.3 Å². The van der Waals surface area contributed by atoms with E-state index in [2.05, 4.69) is 48.8 Å². The second-order valence-corrected chi connectivity index (χ2v) is 11.7. The molecule has 0 aliphatic carbocycles. The van der Waals surface area contributed by atoms with Gasteiger partial charge in [-0.25, -0.2) is 4.57 Å². The Bertz CT molecular complexity index is 1000. The molecular formula is C36H57O8P. The minimum atomic E-state index is -4.77. The number of ether oxygens (including phenoxy) is 2. The van der Waals surface area contributed by atoms with E-state index >= 15 is 0 Å². The molecule has 0 rings (SSSR count). The predicted molar refractivity (Wildman–Crippen MR) is 183 cm³/mol. The Balaban J connectivity index is 4.18. The molecule has 0 amide bonds. The van der Waals surface area contributed by atoms with E-state index in [1.165, 1.54) is 19.3 Å². The van der Waals surface area contributed by atoms with E-state index < -0.39 is 32.5 Å². The van der Waals surface area contributed by atoms with E-state index in [1.807, 2.05) is 54.7 Å². The molecule has 0 saturated heterocycles. The first-order valence-corrected chi connectivity index (χ1v) is 18.0. The van der Waals surface area contributed by atoms with Gasteiger partial charge in [-0.05, 0) is 51.4 Å². The quantitative estimate of drug-likeness (QED) is 0.0283. The molecule has 0 heterocycles. The van der Waals surface area contributed by atoms with Gasteiger partial charge in [-0.1, -0.05) is 131 Å². The van der Waals surface area contributed by atoms with Gasteiger partial charge in [0, 0.05) is 12.8 Å². The second-order valence-electron chi connectivity index (χ2n) is 10.5. The third kappa shape index (κ3) is 34.0. The Morgan fingerprint density at radius 3 is 1.78 bits per heavy atom. The minimum Gasteiger partial charge on any atom is -0.462 e. The molecule has 1 atom stereocenters. The highest BCUT2D eigenvalue weighted by molar-refractivity contribution is 7.46. The number of hydrogen-bond acceptors (Lipinski definition) is 6. The van der Waals surface area contributed by atoms with Crippen LogP contribution in [0, 0.1) is 0 Å². The van der Waals surface area contributed by atoms with Crippen molar-refractivity contribution in [3.63, 3.8) is 0 Å². The molecule has 0 fully saturated rings. The molecule has 2 N–H and O–H groups in total. The van der Waals surface area contributed by atoms with Crippen molar-refractivity contribution >= 4 is 19.8 Å². The van der Waals surface area contributed by atoms with E-state index in [1.54, 1.807) is 0 Å². The molecule has 8 nitrogen and oxygen atoms in total. The van der Waals surface area contributed by atoms with Gasteiger partial charge < -0.3 is 19.3 Å². The molecule has 0 bridgehead atoms. The van der Waals surface area contributed by atoms with Crippen LogP contribution in [0.4, 0.5) is 0 Å². The molecule has 1 unspecified atom stereocenters. The molecular weight excluding hydrogens is 591 g/mol. The van der Waals surface area contributed by atoms with Crippen molar-refractivity contribution in [1.29, 1.82) is 0 Å². The number of unbranched alkanes of at least 4 members (excludes halogenated alkanes) is 8. The van der Waals surface area contributed by atoms with Gasteiger partial charge in [-0.15, -0.1) is 0 Å². The van der Waals surface area contributed by atoms with Crippen LogP contribution in [0.3, 0.4) is 0 Å². The highest BCUT2D eigenvalue weighted by Crippen LogP contribution is 2.35. The zero-order valence-corrected chi connectivity index (χ0v) is 28.4. The van der Waals surface area contributed by atoms with Crippen molar-refractivity contribution in [2.45, 2.75) is 116 Å². The molecule has 0 saturated carbocycles. The lowest BCUT2D eigenvalue weighted by molar-refractivity contribution is -0.161. The first-order chi connectivity index (χ1) is 21.8. The van der Waals surface area contributed by atoms with Crippen molar-refractivity contribution in [2.75, 3.05) is 13.2 Å². The first kappa shape index (κ1) is 42.2. The van der Waals surface area contributed by atoms with Gasteiger partial charge >= 0.3 is 19.8 Å². The van der Waals surface area contributed by atoms with Crippen LogP contribution in [0.1, 0.15) is 110 Å². The fraction of sp³-hybridized carbons (Fsp3) is 0.556. The molecule has 0 aliphatic rings. The Morgan fingerprint density at radius 1 is 0.600 bits per heavy atom. The van der Waals surface area contributed by atoms with E-state index in [4.69, 9.17) is 19.3 Å². The monoisotopic (exact) mass is 648 g/mol. The van der Waals surface area contributed by atoms with Crippen LogP contribution in [0.2, 0.25) is 0 Å². The third-order valence-electron chi connectivity index (χ3n) is 6.29. The van der Waals surface area contributed by atoms with Gasteiger partial charge in [0.25, 0.3) is 0 Å². The lowest BCUT2D eigenvalue weighted by Crippen LogP contribution is -2.29. The Morgan fingerprint density at radius 2 is 1.13 bits per heavy atom. The summed E-state index contributed by atoms with van der Waals surface area (Å²) in [7, 11) is -4.77. The average molecular weight is 649 g/mol. The molecule has 254 valence electrons. The number of phosphoric acid groups is 1. The molecule has 0 radical (unpaired) electrons. The normalized spacial score (nSPS) is 13.6. The van der Waals surface area contributed by atoms with Crippen LogP contribution in [0.15, 0.2) is 85.1 Å². The van der Waals surface area contributed by atoms with Gasteiger partial charge in [-0.3, -0.25) is 14.1 Å². The van der Waals surface area contributed by atoms with Gasteiger partial charge in [0.05, 0.1) is 6.61 Å².